The van der Waals surface area contributed by atoms with E-state index >= 15 is 0 Å². The highest BCUT2D eigenvalue weighted by Crippen LogP contribution is 2.41. The third-order valence-electron chi connectivity index (χ3n) is 3.99. The fourth-order valence-electron chi connectivity index (χ4n) is 2.98. The molecule has 0 radical (unpaired) electrons. The van der Waals surface area contributed by atoms with E-state index in [2.05, 4.69) is 10.2 Å². The van der Waals surface area contributed by atoms with E-state index in [1.54, 1.807) is 6.07 Å². The van der Waals surface area contributed by atoms with Gasteiger partial charge in [-0.25, -0.2) is 0 Å². The molecule has 0 aliphatic heterocycles. The van der Waals surface area contributed by atoms with Gasteiger partial charge in [-0.15, -0.1) is 28.8 Å². The number of hydrogen-bond acceptors (Lipinski definition) is 4. The van der Waals surface area contributed by atoms with Crippen molar-refractivity contribution < 1.29 is 4.73 Å². The van der Waals surface area contributed by atoms with E-state index in [0.717, 1.165) is 21.4 Å². The van der Waals surface area contributed by atoms with E-state index < -0.39 is 0 Å². The first-order chi connectivity index (χ1) is 11.4. The molecule has 1 atom stereocenters. The van der Waals surface area contributed by atoms with Crippen LogP contribution in [0, 0.1) is 12.1 Å². The molecule has 0 bridgehead atoms. The van der Waals surface area contributed by atoms with E-state index in [4.69, 9.17) is 34.7 Å². The smallest absolute Gasteiger partial charge is 0.211 e. The van der Waals surface area contributed by atoms with Crippen LogP contribution in [-0.2, 0) is 6.42 Å². The van der Waals surface area contributed by atoms with Gasteiger partial charge in [0, 0.05) is 18.4 Å². The summed E-state index contributed by atoms with van der Waals surface area (Å²) in [6.07, 6.45) is 2.62. The van der Waals surface area contributed by atoms with E-state index in [0.29, 0.717) is 32.9 Å². The van der Waals surface area contributed by atoms with Gasteiger partial charge in [0.1, 0.15) is 0 Å². The predicted molar refractivity (Wildman–Crippen MR) is 105 cm³/mol. The molecule has 1 aliphatic carbocycles. The minimum Gasteiger partial charge on any atom is -0.618 e. The van der Waals surface area contributed by atoms with Crippen LogP contribution in [0.3, 0.4) is 0 Å². The van der Waals surface area contributed by atoms with Crippen molar-refractivity contribution in [1.29, 1.82) is 0 Å². The van der Waals surface area contributed by atoms with Crippen LogP contribution in [0.1, 0.15) is 34.7 Å². The number of aromatic nitrogens is 1. The Bertz CT molecular complexity index is 861. The molecule has 25 heavy (non-hydrogen) atoms. The zero-order valence-electron chi connectivity index (χ0n) is 13.2. The lowest BCUT2D eigenvalue weighted by molar-refractivity contribution is -0.614. The van der Waals surface area contributed by atoms with Crippen LogP contribution in [0.25, 0.3) is 0 Å². The van der Waals surface area contributed by atoms with Crippen molar-refractivity contribution in [2.45, 2.75) is 25.7 Å². The van der Waals surface area contributed by atoms with Gasteiger partial charge in [0.15, 0.2) is 6.20 Å². The number of pyridine rings is 1. The highest BCUT2D eigenvalue weighted by molar-refractivity contribution is 7.20. The predicted octanol–water partition coefficient (Wildman–Crippen LogP) is 3.13. The molecule has 1 unspecified atom stereocenters. The molecule has 2 aromatic rings. The molecule has 3 rings (SSSR count). The molecule has 0 aromatic carbocycles. The van der Waals surface area contributed by atoms with Crippen molar-refractivity contribution >= 4 is 58.6 Å². The quantitative estimate of drug-likeness (QED) is 0.256. The van der Waals surface area contributed by atoms with Crippen LogP contribution in [0.5, 0.6) is 0 Å². The molecule has 1 aliphatic rings. The van der Waals surface area contributed by atoms with Crippen molar-refractivity contribution in [1.82, 2.24) is 0 Å². The number of guanidine groups is 1. The maximum atomic E-state index is 12.3. The number of thiophene rings is 1. The second-order valence-corrected chi connectivity index (χ2v) is 7.89. The van der Waals surface area contributed by atoms with Crippen molar-refractivity contribution in [2.24, 2.45) is 21.7 Å². The van der Waals surface area contributed by atoms with Gasteiger partial charge in [0.05, 0.1) is 19.9 Å². The van der Waals surface area contributed by atoms with Crippen molar-refractivity contribution in [3.63, 3.8) is 0 Å². The van der Waals surface area contributed by atoms with Crippen LogP contribution in [0.2, 0.25) is 8.67 Å². The summed E-state index contributed by atoms with van der Waals surface area (Å²) < 4.78 is 2.10. The number of fused-ring (bicyclic) bond motifs is 1. The fraction of sp³-hybridized carbons (Fsp3) is 0.267. The Morgan fingerprint density at radius 1 is 1.36 bits per heavy atom. The van der Waals surface area contributed by atoms with Crippen molar-refractivity contribution in [2.75, 3.05) is 0 Å². The Labute approximate surface area is 165 Å². The van der Waals surface area contributed by atoms with Gasteiger partial charge in [0.2, 0.25) is 11.7 Å². The number of rotatable bonds is 2. The summed E-state index contributed by atoms with van der Waals surface area (Å²) in [5, 5.41) is 20.2. The van der Waals surface area contributed by atoms with E-state index in [9.17, 15) is 5.21 Å². The maximum Gasteiger partial charge on any atom is 0.211 e. The molecule has 2 heterocycles. The molecule has 0 saturated heterocycles. The standard InChI is InChI=1S/C15H15Cl2N5OS.ClH/c1-7-2-3-22(23)11-5-8(9-6-12(16)24-14(9)17)4-10(13(7)11)20-21-15(18)19;/h2-3,6,8H,4-5H2,1H3,(H4,18,19,21);1H. The number of halogens is 3. The zero-order chi connectivity index (χ0) is 17.4. The van der Waals surface area contributed by atoms with Crippen LogP contribution < -0.4 is 16.2 Å². The van der Waals surface area contributed by atoms with Gasteiger partial charge in [-0.1, -0.05) is 23.2 Å². The molecule has 0 spiro atoms. The van der Waals surface area contributed by atoms with Gasteiger partial charge in [0.25, 0.3) is 0 Å². The van der Waals surface area contributed by atoms with Gasteiger partial charge in [-0.3, -0.25) is 0 Å². The number of nitrogens with two attached hydrogens (primary N) is 2. The monoisotopic (exact) mass is 419 g/mol. The van der Waals surface area contributed by atoms with Gasteiger partial charge < -0.3 is 16.7 Å². The van der Waals surface area contributed by atoms with Crippen molar-refractivity contribution in [3.8, 4) is 0 Å². The molecule has 6 nitrogen and oxygen atoms in total. The first-order valence-electron chi connectivity index (χ1n) is 7.19. The second kappa shape index (κ2) is 7.78. The number of hydrogen-bond donors (Lipinski definition) is 2. The normalized spacial score (nSPS) is 17.7. The summed E-state index contributed by atoms with van der Waals surface area (Å²) >= 11 is 13.7. The average molecular weight is 421 g/mol. The highest BCUT2D eigenvalue weighted by Gasteiger charge is 2.33. The highest BCUT2D eigenvalue weighted by atomic mass is 35.5. The molecule has 2 aromatic heterocycles. The van der Waals surface area contributed by atoms with Crippen LogP contribution >= 0.6 is 46.9 Å². The Morgan fingerprint density at radius 2 is 2.08 bits per heavy atom. The summed E-state index contributed by atoms with van der Waals surface area (Å²) in [4.78, 5) is 0. The third-order valence-corrected chi connectivity index (χ3v) is 5.50. The SMILES string of the molecule is Cc1cc[n+]([O-])c2c1C(=NN=C(N)N)CC(c1cc(Cl)sc1Cl)C2.Cl. The number of aryl methyl sites for hydroxylation is 1. The van der Waals surface area contributed by atoms with Gasteiger partial charge in [-0.2, -0.15) is 9.83 Å². The summed E-state index contributed by atoms with van der Waals surface area (Å²) in [6.45, 7) is 1.93. The first kappa shape index (κ1) is 19.8. The fourth-order valence-corrected chi connectivity index (χ4v) is 4.60. The van der Waals surface area contributed by atoms with E-state index in [1.165, 1.54) is 17.5 Å². The molecule has 10 heteroatoms. The largest absolute Gasteiger partial charge is 0.618 e. The first-order valence-corrected chi connectivity index (χ1v) is 8.76. The van der Waals surface area contributed by atoms with Gasteiger partial charge in [-0.05, 0) is 30.5 Å². The molecule has 0 saturated carbocycles. The molecule has 134 valence electrons. The second-order valence-electron chi connectivity index (χ2n) is 5.60. The molecule has 0 fully saturated rings. The lowest BCUT2D eigenvalue weighted by Gasteiger charge is -2.25. The Morgan fingerprint density at radius 3 is 2.68 bits per heavy atom. The summed E-state index contributed by atoms with van der Waals surface area (Å²) in [5.41, 5.74) is 14.7. The van der Waals surface area contributed by atoms with E-state index in [-0.39, 0.29) is 24.3 Å². The Kier molecular flexibility index (Phi) is 6.16. The maximum absolute atomic E-state index is 12.3. The average Bonchev–Trinajstić information content (AvgIpc) is 2.87. The topological polar surface area (TPSA) is 104 Å². The zero-order valence-corrected chi connectivity index (χ0v) is 16.3. The summed E-state index contributed by atoms with van der Waals surface area (Å²) in [5.74, 6) is -0.143. The van der Waals surface area contributed by atoms with E-state index in [1.807, 2.05) is 13.0 Å². The van der Waals surface area contributed by atoms with Crippen LogP contribution in [0.15, 0.2) is 28.5 Å². The molecular weight excluding hydrogens is 405 g/mol. The van der Waals surface area contributed by atoms with Crippen LogP contribution in [-0.4, -0.2) is 11.7 Å². The lowest BCUT2D eigenvalue weighted by atomic mass is 9.81. The van der Waals surface area contributed by atoms with Gasteiger partial charge >= 0.3 is 0 Å². The number of nitrogens with zero attached hydrogens (tertiary/aromatic N) is 3. The summed E-state index contributed by atoms with van der Waals surface area (Å²) in [6, 6.07) is 3.60. The molecule has 0 amide bonds. The minimum atomic E-state index is -0.133. The van der Waals surface area contributed by atoms with Crippen LogP contribution in [0.4, 0.5) is 0 Å². The molecular formula is C15H16Cl3N5OS. The lowest BCUT2D eigenvalue weighted by Crippen LogP contribution is -2.38. The third kappa shape index (κ3) is 4.00. The molecule has 4 N–H and O–H groups in total. The Balaban J connectivity index is 0.00000225. The Hall–Kier alpha value is -1.54. The minimum absolute atomic E-state index is 0. The van der Waals surface area contributed by atoms with Crippen molar-refractivity contribution in [3.05, 3.63) is 54.6 Å². The summed E-state index contributed by atoms with van der Waals surface area (Å²) in [7, 11) is 0.